The Bertz CT molecular complexity index is 3960. The number of methoxy groups -OCH3 is 6. The normalized spacial score (nSPS) is 17.7. The van der Waals surface area contributed by atoms with Crippen LogP contribution in [0.2, 0.25) is 18.1 Å². The van der Waals surface area contributed by atoms with Crippen LogP contribution in [0, 0.1) is 0 Å². The summed E-state index contributed by atoms with van der Waals surface area (Å²) in [6.45, 7) is -1.35. The number of rotatable bonds is 39. The number of nitrogens with one attached hydrogen (secondary N) is 3. The molecule has 0 radical (unpaired) electrons. The van der Waals surface area contributed by atoms with Gasteiger partial charge in [0.05, 0.1) is 80.4 Å². The number of nitrogens with zero attached hydrogens (tertiary/aromatic N) is 3. The van der Waals surface area contributed by atoms with E-state index in [2.05, 4.69) is 16.0 Å². The van der Waals surface area contributed by atoms with Crippen LogP contribution in [0.15, 0.2) is 164 Å². The van der Waals surface area contributed by atoms with Gasteiger partial charge in [-0.15, -0.1) is 0 Å². The molecule has 0 unspecified atom stereocenters. The van der Waals surface area contributed by atoms with E-state index in [1.54, 1.807) is 146 Å². The van der Waals surface area contributed by atoms with Gasteiger partial charge in [0.2, 0.25) is 0 Å². The number of hydrogen-bond acceptors (Lipinski definition) is 27. The van der Waals surface area contributed by atoms with Gasteiger partial charge in [-0.05, 0) is 144 Å². The number of benzene rings is 7. The van der Waals surface area contributed by atoms with Crippen molar-refractivity contribution in [2.45, 2.75) is 110 Å². The summed E-state index contributed by atoms with van der Waals surface area (Å²) in [6, 6.07) is 38.6. The second-order valence-corrected chi connectivity index (χ2v) is 37.4. The van der Waals surface area contributed by atoms with Gasteiger partial charge in [0.15, 0.2) is 0 Å². The Labute approximate surface area is 700 Å². The van der Waals surface area contributed by atoms with E-state index in [0.717, 1.165) is 0 Å². The van der Waals surface area contributed by atoms with Crippen LogP contribution in [0.4, 0.5) is 14.4 Å². The van der Waals surface area contributed by atoms with Gasteiger partial charge in [-0.25, -0.2) is 14.4 Å². The summed E-state index contributed by atoms with van der Waals surface area (Å²) in [7, 11) is 6.02. The molecular weight excluding hydrogens is 1610 g/mol. The van der Waals surface area contributed by atoms with E-state index >= 15 is 14.4 Å². The van der Waals surface area contributed by atoms with E-state index in [1.807, 2.05) is 0 Å². The molecule has 0 aliphatic carbocycles. The predicted octanol–water partition coefficient (Wildman–Crippen LogP) is 7.32. The fraction of sp³-hybridized carbons (Fsp3) is 0.429. The smallest absolute Gasteiger partial charge is 0.497 e. The summed E-state index contributed by atoms with van der Waals surface area (Å²) in [4.78, 5) is 129. The standard InChI is InChI=1S/C84H108N6O27Si3/c1-103-64-28-16-58(17-29-64)82(97,59-18-30-65(104-2)31-19-59)73-49-70(115-79(94)85-40-13-43-118(100,109-7)110-8)52-88(73)76(91)55-46-56(77(92)89-53-71(116-80(95)86-41-14-44-119(101,111-9)112-10)50-74(89)83(98,60-20-32-66(105-3)33-21-60)61-22-34-67(106-4)35-23-61)48-57(47-55)78(93)90-54-72(117-81(96)87-42-15-45-120(102,113-11)114-12)51-75(90)84(99,62-24-36-68(107-5)37-25-62)63-26-38-69(108-6)39-27-63/h16-39,46-48,70-75,97-102H,13-15,40-45,49-54H2,1-12H3,(H,85,94)(H,86,95)(H,87,96)/t70-,71-,72-,73+,74+,75+/m1/s1. The molecule has 36 heteroatoms. The second kappa shape index (κ2) is 40.9. The van der Waals surface area contributed by atoms with E-state index in [0.29, 0.717) is 34.5 Å². The van der Waals surface area contributed by atoms with E-state index < -0.39 is 135 Å². The van der Waals surface area contributed by atoms with E-state index in [9.17, 15) is 44.1 Å². The number of alkyl carbamates (subject to hydrolysis) is 3. The number of carbonyl (C=O) groups excluding carboxylic acids is 6. The molecule has 3 heterocycles. The first-order chi connectivity index (χ1) is 57.5. The first-order valence-corrected chi connectivity index (χ1v) is 44.9. The van der Waals surface area contributed by atoms with Gasteiger partial charge in [-0.1, -0.05) is 72.8 Å². The molecule has 0 spiro atoms. The van der Waals surface area contributed by atoms with Crippen molar-refractivity contribution in [1.29, 1.82) is 0 Å². The number of carbonyl (C=O) groups is 6. The summed E-state index contributed by atoms with van der Waals surface area (Å²) in [5, 5.41) is 50.4. The topological polar surface area (TPSA) is 408 Å². The second-order valence-electron chi connectivity index (χ2n) is 29.1. The first-order valence-electron chi connectivity index (χ1n) is 39.0. The maximum absolute atomic E-state index is 16.9. The van der Waals surface area contributed by atoms with Crippen molar-refractivity contribution in [1.82, 2.24) is 30.7 Å². The highest BCUT2D eigenvalue weighted by Crippen LogP contribution is 2.47. The average Bonchev–Trinajstić information content (AvgIpc) is 1.52. The number of amides is 6. The van der Waals surface area contributed by atoms with Crippen LogP contribution < -0.4 is 44.4 Å². The van der Waals surface area contributed by atoms with Crippen LogP contribution in [-0.2, 0) is 57.6 Å². The quantitative estimate of drug-likeness (QED) is 0.0103. The summed E-state index contributed by atoms with van der Waals surface area (Å²) < 4.78 is 83.5. The van der Waals surface area contributed by atoms with E-state index in [1.165, 1.54) is 118 Å². The zero-order valence-electron chi connectivity index (χ0n) is 69.3. The van der Waals surface area contributed by atoms with Gasteiger partial charge in [0, 0.05) is 116 Å². The maximum atomic E-state index is 16.9. The molecule has 3 aliphatic heterocycles. The lowest BCUT2D eigenvalue weighted by Gasteiger charge is -2.41. The van der Waals surface area contributed by atoms with E-state index in [4.69, 9.17) is 69.2 Å². The Morgan fingerprint density at radius 2 is 0.508 bits per heavy atom. The first kappa shape index (κ1) is 92.0. The van der Waals surface area contributed by atoms with Crippen LogP contribution >= 0.6 is 0 Å². The molecule has 3 fully saturated rings. The fourth-order valence-corrected chi connectivity index (χ4v) is 19.3. The van der Waals surface area contributed by atoms with Crippen molar-refractivity contribution in [2.24, 2.45) is 0 Å². The van der Waals surface area contributed by atoms with Crippen LogP contribution in [0.1, 0.15) is 103 Å². The zero-order chi connectivity index (χ0) is 86.7. The Morgan fingerprint density at radius 3 is 0.675 bits per heavy atom. The number of ether oxygens (including phenoxy) is 9. The lowest BCUT2D eigenvalue weighted by Crippen LogP contribution is -2.51. The monoisotopic (exact) mass is 1720 g/mol. The Morgan fingerprint density at radius 1 is 0.325 bits per heavy atom. The van der Waals surface area contributed by atoms with Crippen molar-refractivity contribution in [3.8, 4) is 34.5 Å². The van der Waals surface area contributed by atoms with Gasteiger partial charge in [0.1, 0.15) is 69.6 Å². The number of hydrogen-bond donors (Lipinski definition) is 9. The number of aliphatic hydroxyl groups is 3. The minimum atomic E-state index is -3.57. The molecule has 10 rings (SSSR count). The summed E-state index contributed by atoms with van der Waals surface area (Å²) in [5.74, 6) is -0.294. The molecule has 120 heavy (non-hydrogen) atoms. The van der Waals surface area contributed by atoms with Crippen molar-refractivity contribution in [3.63, 3.8) is 0 Å². The summed E-state index contributed by atoms with van der Waals surface area (Å²) in [6.07, 6.45) is -6.57. The molecule has 3 saturated heterocycles. The van der Waals surface area contributed by atoms with E-state index in [-0.39, 0.29) is 126 Å². The third kappa shape index (κ3) is 21.0. The van der Waals surface area contributed by atoms with Gasteiger partial charge in [-0.2, -0.15) is 0 Å². The lowest BCUT2D eigenvalue weighted by atomic mass is 9.78. The molecule has 6 atom stereocenters. The highest BCUT2D eigenvalue weighted by molar-refractivity contribution is 6.59. The molecular formula is C84H108N6O27Si3. The van der Waals surface area contributed by atoms with Gasteiger partial charge in [0.25, 0.3) is 17.7 Å². The minimum Gasteiger partial charge on any atom is -0.497 e. The van der Waals surface area contributed by atoms with Crippen molar-refractivity contribution in [3.05, 3.63) is 214 Å². The van der Waals surface area contributed by atoms with Crippen molar-refractivity contribution < 1.29 is 128 Å². The molecule has 3 aliphatic rings. The largest absolute Gasteiger partial charge is 0.497 e. The zero-order valence-corrected chi connectivity index (χ0v) is 72.3. The van der Waals surface area contributed by atoms with Crippen molar-refractivity contribution in [2.75, 3.05) is 125 Å². The van der Waals surface area contributed by atoms with Crippen LogP contribution in [-0.4, -0.2) is 268 Å². The Kier molecular flexibility index (Phi) is 31.3. The van der Waals surface area contributed by atoms with Crippen LogP contribution in [0.5, 0.6) is 34.5 Å². The molecule has 0 saturated carbocycles. The summed E-state index contributed by atoms with van der Waals surface area (Å²) in [5.41, 5.74) is -6.32. The van der Waals surface area contributed by atoms with Crippen molar-refractivity contribution >= 4 is 62.4 Å². The Balaban J connectivity index is 1.17. The molecule has 33 nitrogen and oxygen atoms in total. The van der Waals surface area contributed by atoms with Gasteiger partial charge >= 0.3 is 44.7 Å². The SMILES string of the molecule is COc1ccc(C(O)(c2ccc(OC)cc2)[C@@H]2C[C@@H](OC(=O)NCCC[Si](O)(OC)OC)CN2C(=O)c2cc(C(=O)N3C[C@H](OC(=O)NCCC[Si](O)(OC)OC)C[C@H]3C(O)(c3ccc(OC)cc3)c3ccc(OC)cc3)cc(C(=O)N3C[C@H](OC(=O)NCCC[Si](O)(OC)OC)C[C@H]3C(O)(c3ccc(OC)cc3)c3ccc(OC)cc3)c2)cc1. The molecule has 648 valence electrons. The van der Waals surface area contributed by atoms with Gasteiger partial charge in [-0.3, -0.25) is 14.4 Å². The Hall–Kier alpha value is -10.3. The highest BCUT2D eigenvalue weighted by atomic mass is 28.4. The number of likely N-dealkylation sites (tertiary alicyclic amines) is 3. The van der Waals surface area contributed by atoms with Crippen LogP contribution in [0.25, 0.3) is 0 Å². The minimum absolute atomic E-state index is 0.0144. The lowest BCUT2D eigenvalue weighted by molar-refractivity contribution is -0.00192. The fourth-order valence-electron chi connectivity index (χ4n) is 15.7. The molecule has 0 bridgehead atoms. The van der Waals surface area contributed by atoms with Crippen LogP contribution in [0.3, 0.4) is 0 Å². The van der Waals surface area contributed by atoms with Gasteiger partial charge < -0.3 is 130 Å². The molecule has 6 amide bonds. The molecule has 0 aromatic heterocycles. The maximum Gasteiger partial charge on any atom is 0.497 e. The summed E-state index contributed by atoms with van der Waals surface area (Å²) >= 11 is 0. The average molecular weight is 1720 g/mol. The molecule has 7 aromatic carbocycles. The predicted molar refractivity (Wildman–Crippen MR) is 441 cm³/mol. The molecule has 9 N–H and O–H groups in total. The third-order valence-corrected chi connectivity index (χ3v) is 29.2. The molecule has 7 aromatic rings. The highest BCUT2D eigenvalue weighted by Gasteiger charge is 2.56. The third-order valence-electron chi connectivity index (χ3n) is 22.4.